The highest BCUT2D eigenvalue weighted by atomic mass is 32.2. The largest absolute Gasteiger partial charge is 0.344 e. The summed E-state index contributed by atoms with van der Waals surface area (Å²) >= 11 is 0. The topological polar surface area (TPSA) is 60.6 Å². The lowest BCUT2D eigenvalue weighted by molar-refractivity contribution is -0.892. The molecule has 3 rings (SSSR count). The van der Waals surface area contributed by atoms with Gasteiger partial charge in [-0.3, -0.25) is 4.79 Å². The van der Waals surface area contributed by atoms with Crippen molar-refractivity contribution in [2.24, 2.45) is 0 Å². The van der Waals surface area contributed by atoms with Crippen molar-refractivity contribution in [2.75, 3.05) is 31.1 Å². The van der Waals surface area contributed by atoms with Gasteiger partial charge < -0.3 is 9.47 Å². The van der Waals surface area contributed by atoms with Crippen LogP contribution in [0.15, 0.2) is 6.07 Å². The molecule has 2 aliphatic heterocycles. The second kappa shape index (κ2) is 7.62. The number of rotatable bonds is 4. The SMILES string of the molecule is Cc1cc(C(=O)C[NH+]2CCCCCCC2)c(C)n1[C@H]1CCS(=O)(=O)C1. The van der Waals surface area contributed by atoms with E-state index in [1.165, 1.54) is 37.0 Å². The van der Waals surface area contributed by atoms with Gasteiger partial charge >= 0.3 is 0 Å². The smallest absolute Gasteiger partial charge is 0.218 e. The zero-order valence-electron chi connectivity index (χ0n) is 15.5. The lowest BCUT2D eigenvalue weighted by Gasteiger charge is -2.21. The molecule has 140 valence electrons. The molecule has 1 N–H and O–H groups in total. The highest BCUT2D eigenvalue weighted by Crippen LogP contribution is 2.29. The molecule has 5 nitrogen and oxygen atoms in total. The molecule has 0 aromatic carbocycles. The average Bonchev–Trinajstić information content (AvgIpc) is 3.00. The number of nitrogens with zero attached hydrogens (tertiary/aromatic N) is 1. The number of aromatic nitrogens is 1. The Morgan fingerprint density at radius 3 is 2.40 bits per heavy atom. The minimum Gasteiger partial charge on any atom is -0.344 e. The minimum atomic E-state index is -2.93. The number of carbonyl (C=O) groups is 1. The Hall–Kier alpha value is -1.14. The van der Waals surface area contributed by atoms with Gasteiger partial charge in [-0.15, -0.1) is 0 Å². The molecule has 25 heavy (non-hydrogen) atoms. The van der Waals surface area contributed by atoms with E-state index in [0.29, 0.717) is 13.0 Å². The van der Waals surface area contributed by atoms with Crippen molar-refractivity contribution in [3.05, 3.63) is 23.0 Å². The summed E-state index contributed by atoms with van der Waals surface area (Å²) in [5.74, 6) is 0.667. The summed E-state index contributed by atoms with van der Waals surface area (Å²) in [5, 5.41) is 0. The van der Waals surface area contributed by atoms with Gasteiger partial charge in [-0.2, -0.15) is 0 Å². The molecular weight excluding hydrogens is 336 g/mol. The number of quaternary nitrogens is 1. The van der Waals surface area contributed by atoms with Gasteiger partial charge in [0, 0.05) is 23.0 Å². The molecule has 2 fully saturated rings. The molecule has 2 saturated heterocycles. The fourth-order valence-corrected chi connectivity index (χ4v) is 6.20. The van der Waals surface area contributed by atoms with E-state index in [4.69, 9.17) is 0 Å². The second-order valence-electron chi connectivity index (χ2n) is 7.83. The van der Waals surface area contributed by atoms with Gasteiger partial charge in [-0.25, -0.2) is 8.42 Å². The molecule has 0 unspecified atom stereocenters. The zero-order valence-corrected chi connectivity index (χ0v) is 16.3. The third kappa shape index (κ3) is 4.34. The average molecular weight is 368 g/mol. The van der Waals surface area contributed by atoms with E-state index in [1.807, 2.05) is 19.9 Å². The summed E-state index contributed by atoms with van der Waals surface area (Å²) in [6, 6.07) is 1.95. The van der Waals surface area contributed by atoms with Crippen LogP contribution in [0.5, 0.6) is 0 Å². The second-order valence-corrected chi connectivity index (χ2v) is 10.1. The number of nitrogens with one attached hydrogen (secondary N) is 1. The van der Waals surface area contributed by atoms with Crippen LogP contribution in [0, 0.1) is 13.8 Å². The summed E-state index contributed by atoms with van der Waals surface area (Å²) in [6.45, 7) is 6.69. The molecular formula is C19H31N2O3S+. The number of hydrogen-bond donors (Lipinski definition) is 1. The first-order valence-electron chi connectivity index (χ1n) is 9.63. The summed E-state index contributed by atoms with van der Waals surface area (Å²) < 4.78 is 25.7. The molecule has 1 atom stereocenters. The first-order chi connectivity index (χ1) is 11.9. The number of hydrogen-bond acceptors (Lipinski definition) is 3. The molecule has 1 aromatic heterocycles. The van der Waals surface area contributed by atoms with Gasteiger partial charge in [0.2, 0.25) is 5.78 Å². The van der Waals surface area contributed by atoms with Crippen molar-refractivity contribution >= 4 is 15.6 Å². The van der Waals surface area contributed by atoms with Gasteiger partial charge in [0.1, 0.15) is 6.54 Å². The quantitative estimate of drug-likeness (QED) is 0.821. The Morgan fingerprint density at radius 1 is 1.16 bits per heavy atom. The summed E-state index contributed by atoms with van der Waals surface area (Å²) in [5.41, 5.74) is 2.73. The Balaban J connectivity index is 1.74. The van der Waals surface area contributed by atoms with E-state index < -0.39 is 9.84 Å². The number of aryl methyl sites for hydroxylation is 1. The number of ketones is 1. The first-order valence-corrected chi connectivity index (χ1v) is 11.4. The van der Waals surface area contributed by atoms with Gasteiger partial charge in [-0.1, -0.05) is 6.42 Å². The van der Waals surface area contributed by atoms with E-state index in [0.717, 1.165) is 30.0 Å². The highest BCUT2D eigenvalue weighted by molar-refractivity contribution is 7.91. The molecule has 0 radical (unpaired) electrons. The van der Waals surface area contributed by atoms with Crippen LogP contribution in [-0.4, -0.2) is 49.9 Å². The Labute approximate surface area is 151 Å². The van der Waals surface area contributed by atoms with Crippen LogP contribution < -0.4 is 4.90 Å². The van der Waals surface area contributed by atoms with Crippen LogP contribution in [0.1, 0.15) is 66.3 Å². The van der Waals surface area contributed by atoms with E-state index in [9.17, 15) is 13.2 Å². The molecule has 0 amide bonds. The summed E-state index contributed by atoms with van der Waals surface area (Å²) in [4.78, 5) is 14.3. The standard InChI is InChI=1S/C19H30N2O3S/c1-15-12-18(16(2)21(15)17-8-11-25(23,24)14-17)19(22)13-20-9-6-4-3-5-7-10-20/h12,17H,3-11,13-14H2,1-2H3/p+1/t17-/m0/s1. The fraction of sp³-hybridized carbons (Fsp3) is 0.737. The molecule has 0 spiro atoms. The van der Waals surface area contributed by atoms with Gasteiger partial charge in [0.05, 0.1) is 24.6 Å². The predicted molar refractivity (Wildman–Crippen MR) is 99.2 cm³/mol. The van der Waals surface area contributed by atoms with Crippen LogP contribution in [0.2, 0.25) is 0 Å². The predicted octanol–water partition coefficient (Wildman–Crippen LogP) is 1.50. The molecule has 3 heterocycles. The number of sulfone groups is 1. The number of likely N-dealkylation sites (tertiary alicyclic amines) is 1. The first kappa shape index (κ1) is 18.6. The third-order valence-corrected chi connectivity index (χ3v) is 7.58. The van der Waals surface area contributed by atoms with E-state index >= 15 is 0 Å². The number of carbonyl (C=O) groups excluding carboxylic acids is 1. The molecule has 0 aliphatic carbocycles. The van der Waals surface area contributed by atoms with E-state index in [1.54, 1.807) is 0 Å². The normalized spacial score (nSPS) is 24.8. The molecule has 2 aliphatic rings. The zero-order chi connectivity index (χ0) is 18.0. The van der Waals surface area contributed by atoms with Gasteiger partial charge in [-0.05, 0) is 52.0 Å². The van der Waals surface area contributed by atoms with Gasteiger partial charge in [0.15, 0.2) is 9.84 Å². The van der Waals surface area contributed by atoms with Crippen molar-refractivity contribution in [3.63, 3.8) is 0 Å². The summed E-state index contributed by atoms with van der Waals surface area (Å²) in [7, 11) is -2.93. The van der Waals surface area contributed by atoms with Crippen LogP contribution in [0.3, 0.4) is 0 Å². The lowest BCUT2D eigenvalue weighted by Crippen LogP contribution is -3.13. The Kier molecular flexibility index (Phi) is 5.68. The summed E-state index contributed by atoms with van der Waals surface area (Å²) in [6.07, 6.45) is 6.96. The van der Waals surface area contributed by atoms with Crippen LogP contribution in [0.4, 0.5) is 0 Å². The maximum atomic E-state index is 12.9. The maximum absolute atomic E-state index is 12.9. The van der Waals surface area contributed by atoms with Gasteiger partial charge in [0.25, 0.3) is 0 Å². The third-order valence-electron chi connectivity index (χ3n) is 5.83. The monoisotopic (exact) mass is 367 g/mol. The molecule has 1 aromatic rings. The van der Waals surface area contributed by atoms with Crippen molar-refractivity contribution in [3.8, 4) is 0 Å². The maximum Gasteiger partial charge on any atom is 0.218 e. The van der Waals surface area contributed by atoms with Crippen molar-refractivity contribution in [1.29, 1.82) is 0 Å². The van der Waals surface area contributed by atoms with Crippen molar-refractivity contribution in [2.45, 2.75) is 58.4 Å². The van der Waals surface area contributed by atoms with Crippen molar-refractivity contribution < 1.29 is 18.1 Å². The van der Waals surface area contributed by atoms with E-state index in [-0.39, 0.29) is 23.3 Å². The number of Topliss-reactive ketones (excluding diaryl/α,β-unsaturated/α-hetero) is 1. The fourth-order valence-electron chi connectivity index (χ4n) is 4.50. The highest BCUT2D eigenvalue weighted by Gasteiger charge is 2.32. The van der Waals surface area contributed by atoms with E-state index in [2.05, 4.69) is 4.57 Å². The van der Waals surface area contributed by atoms with Crippen molar-refractivity contribution in [1.82, 2.24) is 4.57 Å². The van der Waals surface area contributed by atoms with Crippen LogP contribution in [0.25, 0.3) is 0 Å². The minimum absolute atomic E-state index is 0.0133. The molecule has 0 bridgehead atoms. The molecule has 0 saturated carbocycles. The lowest BCUT2D eigenvalue weighted by atomic mass is 10.1. The van der Waals surface area contributed by atoms with Crippen LogP contribution >= 0.6 is 0 Å². The van der Waals surface area contributed by atoms with Crippen LogP contribution in [-0.2, 0) is 9.84 Å². The molecule has 6 heteroatoms. The Morgan fingerprint density at radius 2 is 1.80 bits per heavy atom. The Bertz CT molecular complexity index is 728.